The van der Waals surface area contributed by atoms with E-state index in [-0.39, 0.29) is 23.7 Å². The molecule has 3 aromatic heterocycles. The lowest BCUT2D eigenvalue weighted by Gasteiger charge is -2.32. The van der Waals surface area contributed by atoms with Crippen molar-refractivity contribution in [2.24, 2.45) is 5.92 Å². The predicted octanol–water partition coefficient (Wildman–Crippen LogP) is 5.01. The van der Waals surface area contributed by atoms with E-state index in [0.717, 1.165) is 85.5 Å². The second-order valence-electron chi connectivity index (χ2n) is 12.1. The summed E-state index contributed by atoms with van der Waals surface area (Å²) in [5, 5.41) is 0. The molecule has 44 heavy (non-hydrogen) atoms. The average Bonchev–Trinajstić information content (AvgIpc) is 3.82. The lowest BCUT2D eigenvalue weighted by molar-refractivity contribution is -0.120. The SMILES string of the molecule is Cc1cc(C(=O)C2CC2)ccc1COc1cccc(C2CCN(Cc3nc4ccc(OC=O)nc4n3C[C@@H]3CCO3)CC2)n1. The van der Waals surface area contributed by atoms with E-state index in [4.69, 9.17) is 24.2 Å². The largest absolute Gasteiger partial charge is 0.473 e. The number of carbonyl (C=O) groups is 2. The molecule has 1 aromatic carbocycles. The maximum atomic E-state index is 12.4. The fourth-order valence-corrected chi connectivity index (χ4v) is 6.16. The third kappa shape index (κ3) is 6.23. The van der Waals surface area contributed by atoms with Gasteiger partial charge in [-0.2, -0.15) is 4.98 Å². The number of rotatable bonds is 12. The van der Waals surface area contributed by atoms with Crippen molar-refractivity contribution in [3.05, 3.63) is 76.7 Å². The molecule has 0 radical (unpaired) electrons. The van der Waals surface area contributed by atoms with Crippen LogP contribution in [0.1, 0.15) is 71.0 Å². The molecule has 1 saturated carbocycles. The third-order valence-corrected chi connectivity index (χ3v) is 9.06. The highest BCUT2D eigenvalue weighted by atomic mass is 16.5. The molecule has 7 rings (SSSR count). The van der Waals surface area contributed by atoms with Gasteiger partial charge in [-0.05, 0) is 81.4 Å². The molecule has 1 atom stereocenters. The number of fused-ring (bicyclic) bond motifs is 1. The van der Waals surface area contributed by atoms with Gasteiger partial charge in [-0.25, -0.2) is 9.97 Å². The second-order valence-corrected chi connectivity index (χ2v) is 12.1. The molecule has 1 aliphatic carbocycles. The van der Waals surface area contributed by atoms with Crippen molar-refractivity contribution in [1.82, 2.24) is 24.4 Å². The van der Waals surface area contributed by atoms with Crippen molar-refractivity contribution in [1.29, 1.82) is 0 Å². The third-order valence-electron chi connectivity index (χ3n) is 9.06. The van der Waals surface area contributed by atoms with Crippen molar-refractivity contribution in [3.63, 3.8) is 0 Å². The van der Waals surface area contributed by atoms with Gasteiger partial charge in [0.05, 0.1) is 19.2 Å². The molecule has 4 aromatic rings. The Hall–Kier alpha value is -4.15. The zero-order chi connectivity index (χ0) is 30.0. The van der Waals surface area contributed by atoms with Crippen LogP contribution in [0.5, 0.6) is 11.8 Å². The summed E-state index contributed by atoms with van der Waals surface area (Å²) >= 11 is 0. The first-order chi connectivity index (χ1) is 21.5. The van der Waals surface area contributed by atoms with Crippen molar-refractivity contribution >= 4 is 23.4 Å². The van der Waals surface area contributed by atoms with E-state index >= 15 is 0 Å². The summed E-state index contributed by atoms with van der Waals surface area (Å²) in [6.07, 6.45) is 5.18. The molecule has 10 heteroatoms. The Morgan fingerprint density at radius 1 is 1.00 bits per heavy atom. The monoisotopic (exact) mass is 595 g/mol. The number of Topliss-reactive ketones (excluding diaryl/α,β-unsaturated/α-hetero) is 1. The fourth-order valence-electron chi connectivity index (χ4n) is 6.16. The molecule has 0 amide bonds. The first-order valence-corrected chi connectivity index (χ1v) is 15.6. The van der Waals surface area contributed by atoms with E-state index in [9.17, 15) is 9.59 Å². The van der Waals surface area contributed by atoms with E-state index in [2.05, 4.69) is 20.5 Å². The summed E-state index contributed by atoms with van der Waals surface area (Å²) in [5.41, 5.74) is 5.50. The van der Waals surface area contributed by atoms with Crippen LogP contribution in [0.15, 0.2) is 48.5 Å². The summed E-state index contributed by atoms with van der Waals surface area (Å²) in [4.78, 5) is 40.0. The maximum Gasteiger partial charge on any atom is 0.299 e. The van der Waals surface area contributed by atoms with Crippen molar-refractivity contribution in [3.8, 4) is 11.8 Å². The number of aryl methyl sites for hydroxylation is 1. The minimum Gasteiger partial charge on any atom is -0.473 e. The number of benzene rings is 1. The zero-order valence-corrected chi connectivity index (χ0v) is 25.0. The molecule has 2 aliphatic heterocycles. The van der Waals surface area contributed by atoms with Gasteiger partial charge in [0.15, 0.2) is 11.4 Å². The molecule has 3 fully saturated rings. The van der Waals surface area contributed by atoms with Gasteiger partial charge in [-0.15, -0.1) is 0 Å². The van der Waals surface area contributed by atoms with E-state index < -0.39 is 0 Å². The number of hydrogen-bond acceptors (Lipinski definition) is 9. The minimum absolute atomic E-state index is 0.148. The van der Waals surface area contributed by atoms with Gasteiger partial charge in [-0.1, -0.05) is 18.2 Å². The quantitative estimate of drug-likeness (QED) is 0.165. The molecule has 0 unspecified atom stereocenters. The van der Waals surface area contributed by atoms with Crippen LogP contribution in [0.2, 0.25) is 0 Å². The van der Waals surface area contributed by atoms with Crippen LogP contribution in [0.4, 0.5) is 0 Å². The first-order valence-electron chi connectivity index (χ1n) is 15.6. The summed E-state index contributed by atoms with van der Waals surface area (Å²) in [6.45, 7) is 6.87. The number of piperidine rings is 1. The van der Waals surface area contributed by atoms with E-state index in [1.165, 1.54) is 0 Å². The van der Waals surface area contributed by atoms with Crippen LogP contribution in [-0.4, -0.2) is 62.5 Å². The Kier molecular flexibility index (Phi) is 8.10. The smallest absolute Gasteiger partial charge is 0.299 e. The van der Waals surface area contributed by atoms with Gasteiger partial charge < -0.3 is 18.8 Å². The van der Waals surface area contributed by atoms with Gasteiger partial charge in [0, 0.05) is 41.8 Å². The molecular formula is C34H37N5O5. The van der Waals surface area contributed by atoms with Crippen LogP contribution in [0, 0.1) is 12.8 Å². The number of hydrogen-bond donors (Lipinski definition) is 0. The molecule has 2 saturated heterocycles. The van der Waals surface area contributed by atoms with Crippen LogP contribution in [0.25, 0.3) is 11.2 Å². The van der Waals surface area contributed by atoms with E-state index in [1.807, 2.05) is 43.3 Å². The average molecular weight is 596 g/mol. The van der Waals surface area contributed by atoms with Gasteiger partial charge in [0.25, 0.3) is 6.47 Å². The molecule has 3 aliphatic rings. The molecule has 0 spiro atoms. The van der Waals surface area contributed by atoms with Crippen molar-refractivity contribution in [2.45, 2.75) is 70.7 Å². The summed E-state index contributed by atoms with van der Waals surface area (Å²) in [5.74, 6) is 2.68. The molecule has 228 valence electrons. The molecule has 0 N–H and O–H groups in total. The molecular weight excluding hydrogens is 558 g/mol. The van der Waals surface area contributed by atoms with Crippen molar-refractivity contribution < 1.29 is 23.8 Å². The lowest BCUT2D eigenvalue weighted by Crippen LogP contribution is -2.35. The van der Waals surface area contributed by atoms with Gasteiger partial charge in [0.1, 0.15) is 17.9 Å². The second kappa shape index (κ2) is 12.5. The van der Waals surface area contributed by atoms with Crippen LogP contribution < -0.4 is 9.47 Å². The Labute approximate surface area is 256 Å². The van der Waals surface area contributed by atoms with Crippen LogP contribution in [-0.2, 0) is 29.2 Å². The Bertz CT molecular complexity index is 1670. The zero-order valence-electron chi connectivity index (χ0n) is 25.0. The summed E-state index contributed by atoms with van der Waals surface area (Å²) < 4.78 is 18.9. The highest BCUT2D eigenvalue weighted by Gasteiger charge is 2.30. The first kappa shape index (κ1) is 28.6. The number of ether oxygens (including phenoxy) is 3. The van der Waals surface area contributed by atoms with E-state index in [0.29, 0.717) is 43.6 Å². The Morgan fingerprint density at radius 2 is 1.84 bits per heavy atom. The highest BCUT2D eigenvalue weighted by Crippen LogP contribution is 2.33. The topological polar surface area (TPSA) is 109 Å². The maximum absolute atomic E-state index is 12.4. The van der Waals surface area contributed by atoms with Gasteiger partial charge in [0.2, 0.25) is 11.8 Å². The van der Waals surface area contributed by atoms with E-state index in [1.54, 1.807) is 6.07 Å². The standard InChI is InChI=1S/C34H37N5O5/c1-22-17-25(33(41)24-5-6-24)7-8-26(22)20-43-31-4-2-3-28(36-31)23-11-14-38(15-12-23)19-30-35-29-9-10-32(44-21-40)37-34(29)39(30)18-27-13-16-42-27/h2-4,7-10,17,21,23-24,27H,5-6,11-16,18-20H2,1H3/t27-/m0/s1. The number of carbonyl (C=O) groups excluding carboxylic acids is 2. The van der Waals surface area contributed by atoms with Gasteiger partial charge in [-0.3, -0.25) is 14.5 Å². The van der Waals surface area contributed by atoms with Gasteiger partial charge >= 0.3 is 0 Å². The number of nitrogens with zero attached hydrogens (tertiary/aromatic N) is 5. The minimum atomic E-state index is 0.148. The van der Waals surface area contributed by atoms with Crippen LogP contribution in [0.3, 0.4) is 0 Å². The molecule has 0 bridgehead atoms. The highest BCUT2D eigenvalue weighted by molar-refractivity contribution is 5.99. The predicted molar refractivity (Wildman–Crippen MR) is 163 cm³/mol. The lowest BCUT2D eigenvalue weighted by atomic mass is 9.93. The Morgan fingerprint density at radius 3 is 2.57 bits per heavy atom. The normalized spacial score (nSPS) is 19.1. The molecule has 10 nitrogen and oxygen atoms in total. The fraction of sp³-hybridized carbons (Fsp3) is 0.441. The summed E-state index contributed by atoms with van der Waals surface area (Å²) in [7, 11) is 0. The number of imidazole rings is 1. The number of ketones is 1. The number of pyridine rings is 2. The number of aromatic nitrogens is 4. The van der Waals surface area contributed by atoms with Crippen LogP contribution >= 0.6 is 0 Å². The van der Waals surface area contributed by atoms with Crippen molar-refractivity contribution in [2.75, 3.05) is 19.7 Å². The Balaban J connectivity index is 0.974. The number of likely N-dealkylation sites (tertiary alicyclic amines) is 1. The molecule has 5 heterocycles. The summed E-state index contributed by atoms with van der Waals surface area (Å²) in [6, 6.07) is 15.5.